The smallest absolute Gasteiger partial charge is 0.410 e. The molecule has 194 valence electrons. The summed E-state index contributed by atoms with van der Waals surface area (Å²) in [6, 6.07) is 6.96. The van der Waals surface area contributed by atoms with Crippen LogP contribution in [0.5, 0.6) is 0 Å². The molecule has 2 aliphatic heterocycles. The summed E-state index contributed by atoms with van der Waals surface area (Å²) in [7, 11) is 1.31. The van der Waals surface area contributed by atoms with Gasteiger partial charge in [-0.3, -0.25) is 28.5 Å². The van der Waals surface area contributed by atoms with Gasteiger partial charge in [0, 0.05) is 33.2 Å². The SMILES string of the molecule is Cn1c(=O)c2c(n(CC(=O)O)c1=O)NC(N1CCN(C(=O)OC(C)(C)C)CC1)N2c1ccccc1Cl. The van der Waals surface area contributed by atoms with E-state index in [1.165, 1.54) is 7.05 Å². The molecule has 2 aliphatic rings. The summed E-state index contributed by atoms with van der Waals surface area (Å²) in [5.41, 5.74) is -1.31. The molecule has 2 N–H and O–H groups in total. The van der Waals surface area contributed by atoms with E-state index in [1.54, 1.807) is 54.8 Å². The maximum Gasteiger partial charge on any atom is 0.410 e. The molecule has 4 rings (SSSR count). The van der Waals surface area contributed by atoms with Crippen LogP contribution in [0, 0.1) is 0 Å². The van der Waals surface area contributed by atoms with Crippen LogP contribution in [0.1, 0.15) is 20.8 Å². The van der Waals surface area contributed by atoms with Crippen molar-refractivity contribution in [3.8, 4) is 0 Å². The monoisotopic (exact) mass is 520 g/mol. The largest absolute Gasteiger partial charge is 0.480 e. The molecule has 1 aromatic heterocycles. The summed E-state index contributed by atoms with van der Waals surface area (Å²) >= 11 is 6.52. The molecule has 1 atom stereocenters. The number of aliphatic carboxylic acids is 1. The first-order chi connectivity index (χ1) is 16.9. The third-order valence-corrected chi connectivity index (χ3v) is 6.31. The molecule has 0 radical (unpaired) electrons. The second-order valence-corrected chi connectivity index (χ2v) is 10.1. The normalized spacial score (nSPS) is 18.1. The van der Waals surface area contributed by atoms with Crippen molar-refractivity contribution in [1.82, 2.24) is 18.9 Å². The van der Waals surface area contributed by atoms with Crippen LogP contribution in [0.3, 0.4) is 0 Å². The van der Waals surface area contributed by atoms with Gasteiger partial charge in [-0.2, -0.15) is 0 Å². The van der Waals surface area contributed by atoms with Crippen LogP contribution in [0.25, 0.3) is 0 Å². The van der Waals surface area contributed by atoms with Crippen LogP contribution >= 0.6 is 11.6 Å². The molecule has 1 saturated heterocycles. The fraction of sp³-hybridized carbons (Fsp3) is 0.478. The predicted molar refractivity (Wildman–Crippen MR) is 134 cm³/mol. The third kappa shape index (κ3) is 4.78. The molecule has 1 amide bonds. The minimum absolute atomic E-state index is 0.102. The number of amides is 1. The van der Waals surface area contributed by atoms with Crippen molar-refractivity contribution in [3.63, 3.8) is 0 Å². The minimum Gasteiger partial charge on any atom is -0.480 e. The highest BCUT2D eigenvalue weighted by Gasteiger charge is 2.41. The van der Waals surface area contributed by atoms with Crippen molar-refractivity contribution in [2.24, 2.45) is 7.05 Å². The lowest BCUT2D eigenvalue weighted by Crippen LogP contribution is -2.57. The van der Waals surface area contributed by atoms with Gasteiger partial charge in [-0.25, -0.2) is 9.59 Å². The number of ether oxygens (including phenoxy) is 1. The number of benzene rings is 1. The van der Waals surface area contributed by atoms with Gasteiger partial charge in [-0.05, 0) is 32.9 Å². The molecule has 1 aromatic carbocycles. The summed E-state index contributed by atoms with van der Waals surface area (Å²) in [5, 5.41) is 13.0. The molecule has 0 spiro atoms. The maximum absolute atomic E-state index is 13.3. The molecular weight excluding hydrogens is 492 g/mol. The van der Waals surface area contributed by atoms with Crippen LogP contribution in [0.2, 0.25) is 5.02 Å². The van der Waals surface area contributed by atoms with Crippen molar-refractivity contribution < 1.29 is 19.4 Å². The van der Waals surface area contributed by atoms with Gasteiger partial charge in [-0.1, -0.05) is 23.7 Å². The summed E-state index contributed by atoms with van der Waals surface area (Å²) in [4.78, 5) is 55.5. The zero-order valence-electron chi connectivity index (χ0n) is 20.5. The number of hydrogen-bond acceptors (Lipinski definition) is 8. The van der Waals surface area contributed by atoms with Gasteiger partial charge in [0.25, 0.3) is 5.56 Å². The Balaban J connectivity index is 1.73. The highest BCUT2D eigenvalue weighted by atomic mass is 35.5. The van der Waals surface area contributed by atoms with Gasteiger partial charge < -0.3 is 20.1 Å². The van der Waals surface area contributed by atoms with Crippen LogP contribution in [0.4, 0.5) is 22.0 Å². The number of para-hydroxylation sites is 1. The predicted octanol–water partition coefficient (Wildman–Crippen LogP) is 1.68. The fourth-order valence-electron chi connectivity index (χ4n) is 4.34. The second kappa shape index (κ2) is 9.51. The van der Waals surface area contributed by atoms with Gasteiger partial charge in [-0.15, -0.1) is 0 Å². The quantitative estimate of drug-likeness (QED) is 0.618. The number of nitrogens with zero attached hydrogens (tertiary/aromatic N) is 5. The zero-order valence-corrected chi connectivity index (χ0v) is 21.3. The number of fused-ring (bicyclic) bond motifs is 1. The average Bonchev–Trinajstić information content (AvgIpc) is 3.20. The van der Waals surface area contributed by atoms with Gasteiger partial charge in [0.05, 0.1) is 10.7 Å². The summed E-state index contributed by atoms with van der Waals surface area (Å²) in [5.74, 6) is -1.12. The molecule has 13 heteroatoms. The van der Waals surface area contributed by atoms with E-state index < -0.39 is 41.7 Å². The first-order valence-electron chi connectivity index (χ1n) is 11.5. The molecule has 1 unspecified atom stereocenters. The molecule has 0 saturated carbocycles. The number of carbonyl (C=O) groups is 2. The van der Waals surface area contributed by atoms with Crippen molar-refractivity contribution in [1.29, 1.82) is 0 Å². The molecule has 2 aromatic rings. The summed E-state index contributed by atoms with van der Waals surface area (Å²) in [6.07, 6.45) is -1.06. The van der Waals surface area contributed by atoms with Gasteiger partial charge >= 0.3 is 17.8 Å². The molecular formula is C23H29ClN6O6. The Morgan fingerprint density at radius 2 is 1.78 bits per heavy atom. The van der Waals surface area contributed by atoms with E-state index in [9.17, 15) is 24.3 Å². The Hall–Kier alpha value is -3.51. The molecule has 36 heavy (non-hydrogen) atoms. The number of carbonyl (C=O) groups excluding carboxylic acids is 1. The van der Waals surface area contributed by atoms with E-state index in [0.29, 0.717) is 36.9 Å². The number of rotatable bonds is 4. The lowest BCUT2D eigenvalue weighted by atomic mass is 10.2. The van der Waals surface area contributed by atoms with E-state index in [2.05, 4.69) is 5.32 Å². The van der Waals surface area contributed by atoms with Crippen LogP contribution in [-0.2, 0) is 23.1 Å². The zero-order chi connectivity index (χ0) is 26.4. The van der Waals surface area contributed by atoms with Crippen molar-refractivity contribution in [2.45, 2.75) is 39.2 Å². The lowest BCUT2D eigenvalue weighted by molar-refractivity contribution is -0.137. The number of halogens is 1. The first kappa shape index (κ1) is 25.6. The van der Waals surface area contributed by atoms with Crippen molar-refractivity contribution in [3.05, 3.63) is 50.1 Å². The topological polar surface area (TPSA) is 129 Å². The van der Waals surface area contributed by atoms with Crippen LogP contribution in [0.15, 0.2) is 33.9 Å². The molecule has 12 nitrogen and oxygen atoms in total. The van der Waals surface area contributed by atoms with Crippen molar-refractivity contribution in [2.75, 3.05) is 36.4 Å². The van der Waals surface area contributed by atoms with Gasteiger partial charge in [0.1, 0.15) is 18.0 Å². The fourth-order valence-corrected chi connectivity index (χ4v) is 4.56. The lowest BCUT2D eigenvalue weighted by Gasteiger charge is -2.41. The summed E-state index contributed by atoms with van der Waals surface area (Å²) in [6.45, 7) is 6.39. The maximum atomic E-state index is 13.3. The molecule has 3 heterocycles. The Morgan fingerprint density at radius 3 is 2.36 bits per heavy atom. The Morgan fingerprint density at radius 1 is 1.14 bits per heavy atom. The molecule has 0 bridgehead atoms. The number of carboxylic acid groups (broad SMARTS) is 1. The van der Waals surface area contributed by atoms with Gasteiger partial charge in [0.15, 0.2) is 12.0 Å². The number of piperazine rings is 1. The number of anilines is 3. The average molecular weight is 521 g/mol. The van der Waals surface area contributed by atoms with E-state index in [4.69, 9.17) is 16.3 Å². The Labute approximate surface area is 212 Å². The first-order valence-corrected chi connectivity index (χ1v) is 11.8. The van der Waals surface area contributed by atoms with Crippen molar-refractivity contribution >= 4 is 40.9 Å². The minimum atomic E-state index is -1.22. The second-order valence-electron chi connectivity index (χ2n) is 9.67. The van der Waals surface area contributed by atoms with E-state index in [1.807, 2.05) is 4.90 Å². The highest BCUT2D eigenvalue weighted by Crippen LogP contribution is 2.41. The van der Waals surface area contributed by atoms with Crippen LogP contribution < -0.4 is 21.5 Å². The Kier molecular flexibility index (Phi) is 6.76. The van der Waals surface area contributed by atoms with E-state index in [0.717, 1.165) is 9.13 Å². The Bertz CT molecular complexity index is 1310. The van der Waals surface area contributed by atoms with Crippen LogP contribution in [-0.4, -0.2) is 74.2 Å². The molecule has 0 aliphatic carbocycles. The number of nitrogens with one attached hydrogen (secondary N) is 1. The highest BCUT2D eigenvalue weighted by molar-refractivity contribution is 6.33. The number of carboxylic acids is 1. The summed E-state index contributed by atoms with van der Waals surface area (Å²) < 4.78 is 7.39. The van der Waals surface area contributed by atoms with E-state index in [-0.39, 0.29) is 11.5 Å². The third-order valence-electron chi connectivity index (χ3n) is 5.99. The number of hydrogen-bond donors (Lipinski definition) is 2. The number of aromatic nitrogens is 2. The standard InChI is InChI=1S/C23H29ClN6O6/c1-23(2,3)36-22(35)28-11-9-27(10-12-28)20-25-18-17(30(20)15-8-6-5-7-14(15)24)19(33)26(4)21(34)29(18)13-16(31)32/h5-8,20,25H,9-13H2,1-4H3,(H,31,32). The van der Waals surface area contributed by atoms with Gasteiger partial charge in [0.2, 0.25) is 0 Å². The molecule has 1 fully saturated rings. The van der Waals surface area contributed by atoms with E-state index >= 15 is 0 Å².